The summed E-state index contributed by atoms with van der Waals surface area (Å²) in [6.45, 7) is 7.90. The highest BCUT2D eigenvalue weighted by atomic mass is 32.2. The molecule has 0 aromatic heterocycles. The first-order valence-electron chi connectivity index (χ1n) is 9.93. The van der Waals surface area contributed by atoms with Gasteiger partial charge in [0.15, 0.2) is 0 Å². The molecule has 0 bridgehead atoms. The molecule has 3 aromatic carbocycles. The van der Waals surface area contributed by atoms with Gasteiger partial charge < -0.3 is 9.64 Å². The van der Waals surface area contributed by atoms with Crippen LogP contribution in [0.15, 0.2) is 78.2 Å². The smallest absolute Gasteiger partial charge is 0.261 e. The van der Waals surface area contributed by atoms with Crippen LogP contribution in [0.1, 0.15) is 13.8 Å². The second-order valence-corrected chi connectivity index (χ2v) is 9.86. The van der Waals surface area contributed by atoms with Crippen LogP contribution >= 0.6 is 0 Å². The molecule has 6 nitrogen and oxygen atoms in total. The third kappa shape index (κ3) is 4.01. The number of amides is 1. The Kier molecular flexibility index (Phi) is 5.23. The molecule has 1 aliphatic heterocycles. The third-order valence-corrected chi connectivity index (χ3v) is 6.64. The number of carbonyl (C=O) groups excluding carboxylic acids is 1. The Labute approximate surface area is 182 Å². The molecule has 0 atom stereocenters. The Morgan fingerprint density at radius 1 is 1.10 bits per heavy atom. The molecule has 160 valence electrons. The van der Waals surface area contributed by atoms with E-state index in [1.54, 1.807) is 47.4 Å². The number of fused-ring (bicyclic) bond motifs is 2. The molecule has 1 N–H and O–H groups in total. The van der Waals surface area contributed by atoms with Crippen molar-refractivity contribution in [3.05, 3.63) is 73.3 Å². The van der Waals surface area contributed by atoms with E-state index in [0.717, 1.165) is 10.8 Å². The fraction of sp³-hybridized carbons (Fsp3) is 0.208. The lowest BCUT2D eigenvalue weighted by atomic mass is 9.93. The van der Waals surface area contributed by atoms with Gasteiger partial charge in [0.25, 0.3) is 10.0 Å². The number of nitrogens with one attached hydrogen (secondary N) is 1. The molecule has 1 heterocycles. The molecular formula is C24H24N2O4S. The topological polar surface area (TPSA) is 75.7 Å². The second kappa shape index (κ2) is 7.74. The summed E-state index contributed by atoms with van der Waals surface area (Å²) in [6, 6.07) is 17.5. The van der Waals surface area contributed by atoms with Crippen molar-refractivity contribution in [1.82, 2.24) is 0 Å². The number of ether oxygens (including phenoxy) is 1. The van der Waals surface area contributed by atoms with Crippen molar-refractivity contribution in [2.24, 2.45) is 5.41 Å². The Bertz CT molecular complexity index is 1280. The van der Waals surface area contributed by atoms with Crippen LogP contribution in [-0.4, -0.2) is 27.5 Å². The predicted molar refractivity (Wildman–Crippen MR) is 123 cm³/mol. The largest absolute Gasteiger partial charge is 0.490 e. The van der Waals surface area contributed by atoms with Crippen LogP contribution in [0.2, 0.25) is 0 Å². The minimum atomic E-state index is -3.80. The Morgan fingerprint density at radius 3 is 2.58 bits per heavy atom. The number of benzene rings is 3. The Morgan fingerprint density at radius 2 is 1.84 bits per heavy atom. The van der Waals surface area contributed by atoms with E-state index in [9.17, 15) is 13.2 Å². The lowest BCUT2D eigenvalue weighted by Gasteiger charge is -2.27. The maximum atomic E-state index is 13.0. The average molecular weight is 437 g/mol. The minimum absolute atomic E-state index is 0.0735. The first kappa shape index (κ1) is 20.9. The summed E-state index contributed by atoms with van der Waals surface area (Å²) in [5, 5.41) is 1.81. The van der Waals surface area contributed by atoms with E-state index < -0.39 is 15.4 Å². The van der Waals surface area contributed by atoms with E-state index in [4.69, 9.17) is 4.74 Å². The molecule has 0 spiro atoms. The number of nitrogens with zero attached hydrogens (tertiary/aromatic N) is 1. The molecule has 7 heteroatoms. The van der Waals surface area contributed by atoms with E-state index >= 15 is 0 Å². The third-order valence-electron chi connectivity index (χ3n) is 5.26. The summed E-state index contributed by atoms with van der Waals surface area (Å²) < 4.78 is 34.5. The number of carbonyl (C=O) groups is 1. The van der Waals surface area contributed by atoms with E-state index in [0.29, 0.717) is 23.7 Å². The van der Waals surface area contributed by atoms with Gasteiger partial charge in [-0.3, -0.25) is 9.52 Å². The standard InChI is InChI=1S/C24H24N2O4S/c1-4-13-26-21-12-10-19(15-22(21)30-16-24(2,3)23(26)27)25-31(28,29)20-11-9-17-7-5-6-8-18(17)14-20/h4-12,14-15,25H,1,13,16H2,2-3H3. The molecule has 0 saturated carbocycles. The number of rotatable bonds is 5. The summed E-state index contributed by atoms with van der Waals surface area (Å²) in [7, 11) is -3.80. The van der Waals surface area contributed by atoms with Crippen molar-refractivity contribution in [1.29, 1.82) is 0 Å². The molecule has 0 fully saturated rings. The minimum Gasteiger partial charge on any atom is -0.490 e. The molecule has 1 amide bonds. The van der Waals surface area contributed by atoms with Gasteiger partial charge in [-0.15, -0.1) is 6.58 Å². The van der Waals surface area contributed by atoms with Crippen molar-refractivity contribution >= 4 is 38.1 Å². The van der Waals surface area contributed by atoms with E-state index in [-0.39, 0.29) is 17.4 Å². The van der Waals surface area contributed by atoms with E-state index in [1.807, 2.05) is 38.1 Å². The van der Waals surface area contributed by atoms with E-state index in [2.05, 4.69) is 11.3 Å². The van der Waals surface area contributed by atoms with Gasteiger partial charge in [-0.1, -0.05) is 36.4 Å². The van der Waals surface area contributed by atoms with Crippen molar-refractivity contribution in [2.75, 3.05) is 22.8 Å². The van der Waals surface area contributed by atoms with Gasteiger partial charge >= 0.3 is 0 Å². The Balaban J connectivity index is 1.68. The van der Waals surface area contributed by atoms with E-state index in [1.165, 1.54) is 0 Å². The fourth-order valence-electron chi connectivity index (χ4n) is 3.57. The number of hydrogen-bond acceptors (Lipinski definition) is 4. The molecule has 0 unspecified atom stereocenters. The first-order valence-corrected chi connectivity index (χ1v) is 11.4. The number of sulfonamides is 1. The number of hydrogen-bond donors (Lipinski definition) is 1. The average Bonchev–Trinajstić information content (AvgIpc) is 2.83. The van der Waals surface area contributed by atoms with Crippen LogP contribution < -0.4 is 14.4 Å². The van der Waals surface area contributed by atoms with Crippen LogP contribution in [0.5, 0.6) is 5.75 Å². The van der Waals surface area contributed by atoms with Crippen LogP contribution in [0.25, 0.3) is 10.8 Å². The highest BCUT2D eigenvalue weighted by Gasteiger charge is 2.37. The monoisotopic (exact) mass is 436 g/mol. The summed E-state index contributed by atoms with van der Waals surface area (Å²) >= 11 is 0. The van der Waals surface area contributed by atoms with Crippen molar-refractivity contribution in [3.63, 3.8) is 0 Å². The summed E-state index contributed by atoms with van der Waals surface area (Å²) in [5.74, 6) is 0.370. The molecule has 0 aliphatic carbocycles. The van der Waals surface area contributed by atoms with Gasteiger partial charge in [0.2, 0.25) is 5.91 Å². The highest BCUT2D eigenvalue weighted by Crippen LogP contribution is 2.38. The van der Waals surface area contributed by atoms with Crippen LogP contribution in [0.4, 0.5) is 11.4 Å². The fourth-order valence-corrected chi connectivity index (χ4v) is 4.65. The summed E-state index contributed by atoms with van der Waals surface area (Å²) in [4.78, 5) is 14.7. The molecule has 1 aliphatic rings. The van der Waals surface area contributed by atoms with Gasteiger partial charge in [-0.05, 0) is 48.9 Å². The lowest BCUT2D eigenvalue weighted by Crippen LogP contribution is -2.42. The molecule has 31 heavy (non-hydrogen) atoms. The zero-order valence-corrected chi connectivity index (χ0v) is 18.3. The summed E-state index contributed by atoms with van der Waals surface area (Å²) in [6.07, 6.45) is 1.65. The normalized spacial score (nSPS) is 15.7. The second-order valence-electron chi connectivity index (χ2n) is 8.17. The molecule has 3 aromatic rings. The van der Waals surface area contributed by atoms with Gasteiger partial charge in [0.05, 0.1) is 21.7 Å². The quantitative estimate of drug-likeness (QED) is 0.594. The molecular weight excluding hydrogens is 412 g/mol. The van der Waals surface area contributed by atoms with Crippen molar-refractivity contribution in [3.8, 4) is 5.75 Å². The van der Waals surface area contributed by atoms with Crippen LogP contribution in [0, 0.1) is 5.41 Å². The molecule has 0 radical (unpaired) electrons. The molecule has 4 rings (SSSR count). The molecule has 0 saturated heterocycles. The zero-order chi connectivity index (χ0) is 22.2. The van der Waals surface area contributed by atoms with Gasteiger partial charge in [0, 0.05) is 12.6 Å². The van der Waals surface area contributed by atoms with Gasteiger partial charge in [-0.25, -0.2) is 8.42 Å². The zero-order valence-electron chi connectivity index (χ0n) is 17.5. The maximum Gasteiger partial charge on any atom is 0.261 e. The SMILES string of the molecule is C=CCN1C(=O)C(C)(C)COc2cc(NS(=O)(=O)c3ccc4ccccc4c3)ccc21. The number of anilines is 2. The lowest BCUT2D eigenvalue weighted by molar-refractivity contribution is -0.127. The highest BCUT2D eigenvalue weighted by molar-refractivity contribution is 7.92. The van der Waals surface area contributed by atoms with Crippen molar-refractivity contribution < 1.29 is 17.9 Å². The first-order chi connectivity index (χ1) is 14.7. The van der Waals surface area contributed by atoms with Gasteiger partial charge in [-0.2, -0.15) is 0 Å². The summed E-state index contributed by atoms with van der Waals surface area (Å²) in [5.41, 5.74) is 0.231. The van der Waals surface area contributed by atoms with Crippen LogP contribution in [0.3, 0.4) is 0 Å². The predicted octanol–water partition coefficient (Wildman–Crippen LogP) is 4.58. The Hall–Kier alpha value is -3.32. The van der Waals surface area contributed by atoms with Crippen LogP contribution in [-0.2, 0) is 14.8 Å². The van der Waals surface area contributed by atoms with Crippen molar-refractivity contribution in [2.45, 2.75) is 18.7 Å². The van der Waals surface area contributed by atoms with Gasteiger partial charge in [0.1, 0.15) is 12.4 Å². The maximum absolute atomic E-state index is 13.0.